The Morgan fingerprint density at radius 3 is 2.11 bits per heavy atom. The van der Waals surface area contributed by atoms with E-state index >= 15 is 0 Å². The Bertz CT molecular complexity index is 644. The molecule has 1 rings (SSSR count). The molecule has 0 aromatic heterocycles. The highest BCUT2D eigenvalue weighted by atomic mass is 16.6. The lowest BCUT2D eigenvalue weighted by atomic mass is 10.0. The Balaban J connectivity index is 3.16. The van der Waals surface area contributed by atoms with Gasteiger partial charge in [-0.15, -0.1) is 0 Å². The van der Waals surface area contributed by atoms with Crippen molar-refractivity contribution >= 4 is 29.8 Å². The number of aliphatic carboxylic acids is 1. The van der Waals surface area contributed by atoms with Crippen molar-refractivity contribution in [3.8, 4) is 0 Å². The number of carboxylic acids is 1. The zero-order chi connectivity index (χ0) is 21.2. The molecule has 0 spiro atoms. The van der Waals surface area contributed by atoms with Crippen molar-refractivity contribution in [3.63, 3.8) is 0 Å². The number of rotatable bonds is 5. The first kappa shape index (κ1) is 22.4. The number of carbonyl (C=O) groups excluding carboxylic acids is 4. The number of hydrogen-bond acceptors (Lipinski definition) is 7. The van der Waals surface area contributed by atoms with Crippen LogP contribution in [0.4, 0.5) is 4.79 Å². The summed E-state index contributed by atoms with van der Waals surface area (Å²) in [7, 11) is 0. The fraction of sp³-hybridized carbons (Fsp3) is 0.706. The average molecular weight is 386 g/mol. The monoisotopic (exact) mass is 386 g/mol. The van der Waals surface area contributed by atoms with Crippen LogP contribution < -0.4 is 5.32 Å². The maximum Gasteiger partial charge on any atom is 0.411 e. The molecule has 10 nitrogen and oxygen atoms in total. The number of nitrogens with zero attached hydrogens (tertiary/aromatic N) is 1. The van der Waals surface area contributed by atoms with E-state index in [4.69, 9.17) is 9.47 Å². The minimum Gasteiger partial charge on any atom is -0.481 e. The number of carbonyl (C=O) groups is 5. The Morgan fingerprint density at radius 2 is 1.74 bits per heavy atom. The highest BCUT2D eigenvalue weighted by Crippen LogP contribution is 2.25. The molecule has 0 aliphatic carbocycles. The molecular formula is C17H26N2O8. The van der Waals surface area contributed by atoms with Crippen LogP contribution in [0.5, 0.6) is 0 Å². The molecule has 27 heavy (non-hydrogen) atoms. The predicted molar refractivity (Wildman–Crippen MR) is 91.5 cm³/mol. The summed E-state index contributed by atoms with van der Waals surface area (Å²) in [6.45, 7) is 9.70. The maximum atomic E-state index is 12.7. The van der Waals surface area contributed by atoms with Crippen molar-refractivity contribution in [1.82, 2.24) is 10.2 Å². The van der Waals surface area contributed by atoms with E-state index < -0.39 is 59.6 Å². The fourth-order valence-corrected chi connectivity index (χ4v) is 2.47. The van der Waals surface area contributed by atoms with Crippen LogP contribution in [0.1, 0.15) is 54.4 Å². The van der Waals surface area contributed by atoms with Crippen LogP contribution in [0.3, 0.4) is 0 Å². The van der Waals surface area contributed by atoms with Crippen molar-refractivity contribution in [2.45, 2.75) is 77.7 Å². The lowest BCUT2D eigenvalue weighted by Crippen LogP contribution is -2.57. The van der Waals surface area contributed by atoms with Crippen molar-refractivity contribution < 1.29 is 38.6 Å². The maximum absolute atomic E-state index is 12.7. The summed E-state index contributed by atoms with van der Waals surface area (Å²) >= 11 is 0. The number of ether oxygens (including phenoxy) is 2. The molecule has 0 unspecified atom stereocenters. The van der Waals surface area contributed by atoms with Gasteiger partial charge in [-0.1, -0.05) is 0 Å². The van der Waals surface area contributed by atoms with Gasteiger partial charge in [0.25, 0.3) is 5.91 Å². The summed E-state index contributed by atoms with van der Waals surface area (Å²) in [6.07, 6.45) is -3.36. The van der Waals surface area contributed by atoms with Gasteiger partial charge in [0.05, 0.1) is 12.8 Å². The second-order valence-corrected chi connectivity index (χ2v) is 8.18. The van der Waals surface area contributed by atoms with E-state index in [1.54, 1.807) is 41.5 Å². The highest BCUT2D eigenvalue weighted by Gasteiger charge is 2.44. The Hall–Kier alpha value is -2.65. The van der Waals surface area contributed by atoms with Crippen molar-refractivity contribution in [2.24, 2.45) is 0 Å². The minimum absolute atomic E-state index is 0.355. The van der Waals surface area contributed by atoms with Crippen molar-refractivity contribution in [3.05, 3.63) is 0 Å². The third kappa shape index (κ3) is 6.54. The van der Waals surface area contributed by atoms with Crippen LogP contribution in [-0.2, 0) is 28.7 Å². The van der Waals surface area contributed by atoms with E-state index in [9.17, 15) is 29.1 Å². The summed E-state index contributed by atoms with van der Waals surface area (Å²) in [5.41, 5.74) is -1.87. The third-order valence-corrected chi connectivity index (χ3v) is 3.45. The summed E-state index contributed by atoms with van der Waals surface area (Å²) in [6, 6.07) is -1.54. The fourth-order valence-electron chi connectivity index (χ4n) is 2.47. The van der Waals surface area contributed by atoms with Gasteiger partial charge < -0.3 is 14.6 Å². The largest absolute Gasteiger partial charge is 0.481 e. The molecule has 0 aromatic carbocycles. The standard InChI is InChI=1S/C17H26N2O8/c1-16(2,3)19(15(25)27-17(4,5)6)9(7-12(21)22)14(24)26-10-8-11(20)18-13(10)23/h9-10H,7-8H2,1-6H3,(H,21,22)(H,18,20,23)/t9-,10-/m1/s1. The van der Waals surface area contributed by atoms with Gasteiger partial charge in [-0.2, -0.15) is 0 Å². The van der Waals surface area contributed by atoms with Crippen LogP contribution in [0.25, 0.3) is 0 Å². The number of imide groups is 1. The number of nitrogens with one attached hydrogen (secondary N) is 1. The molecule has 1 aliphatic heterocycles. The van der Waals surface area contributed by atoms with Gasteiger partial charge in [0.2, 0.25) is 5.91 Å². The van der Waals surface area contributed by atoms with Crippen LogP contribution in [0, 0.1) is 0 Å². The molecular weight excluding hydrogens is 360 g/mol. The lowest BCUT2D eigenvalue weighted by molar-refractivity contribution is -0.163. The molecule has 1 saturated heterocycles. The molecule has 1 fully saturated rings. The first-order chi connectivity index (χ1) is 12.1. The number of carboxylic acid groups (broad SMARTS) is 1. The van der Waals surface area contributed by atoms with Crippen molar-refractivity contribution in [1.29, 1.82) is 0 Å². The molecule has 10 heteroatoms. The number of esters is 1. The Labute approximate surface area is 157 Å². The highest BCUT2D eigenvalue weighted by molar-refractivity contribution is 6.05. The molecule has 0 aromatic rings. The van der Waals surface area contributed by atoms with E-state index in [-0.39, 0.29) is 6.42 Å². The van der Waals surface area contributed by atoms with Crippen LogP contribution >= 0.6 is 0 Å². The average Bonchev–Trinajstić information content (AvgIpc) is 2.71. The van der Waals surface area contributed by atoms with Crippen molar-refractivity contribution in [2.75, 3.05) is 0 Å². The van der Waals surface area contributed by atoms with Gasteiger partial charge in [-0.3, -0.25) is 24.6 Å². The predicted octanol–water partition coefficient (Wildman–Crippen LogP) is 0.824. The third-order valence-electron chi connectivity index (χ3n) is 3.45. The van der Waals surface area contributed by atoms with Crippen LogP contribution in [0.2, 0.25) is 0 Å². The number of hydrogen-bond donors (Lipinski definition) is 2. The van der Waals surface area contributed by atoms with Gasteiger partial charge in [-0.25, -0.2) is 9.59 Å². The first-order valence-electron chi connectivity index (χ1n) is 8.40. The molecule has 2 N–H and O–H groups in total. The molecule has 2 atom stereocenters. The van der Waals surface area contributed by atoms with E-state index in [1.165, 1.54) is 0 Å². The summed E-state index contributed by atoms with van der Waals surface area (Å²) in [4.78, 5) is 60.4. The molecule has 1 heterocycles. The SMILES string of the molecule is CC(C)(C)OC(=O)N([C@H](CC(=O)O)C(=O)O[C@@H]1CC(=O)NC1=O)C(C)(C)C. The zero-order valence-corrected chi connectivity index (χ0v) is 16.3. The topological polar surface area (TPSA) is 139 Å². The molecule has 3 amide bonds. The molecule has 1 aliphatic rings. The Morgan fingerprint density at radius 1 is 1.19 bits per heavy atom. The zero-order valence-electron chi connectivity index (χ0n) is 16.3. The molecule has 0 saturated carbocycles. The molecule has 152 valence electrons. The van der Waals surface area contributed by atoms with Gasteiger partial charge >= 0.3 is 18.0 Å². The van der Waals surface area contributed by atoms with Gasteiger partial charge in [0.1, 0.15) is 11.6 Å². The van der Waals surface area contributed by atoms with E-state index in [0.717, 1.165) is 4.90 Å². The Kier molecular flexibility index (Phi) is 6.58. The van der Waals surface area contributed by atoms with Gasteiger partial charge in [0.15, 0.2) is 6.10 Å². The summed E-state index contributed by atoms with van der Waals surface area (Å²) in [5.74, 6) is -3.84. The second kappa shape index (κ2) is 7.93. The molecule has 0 radical (unpaired) electrons. The van der Waals surface area contributed by atoms with E-state index in [1.807, 2.05) is 5.32 Å². The first-order valence-corrected chi connectivity index (χ1v) is 8.40. The summed E-state index contributed by atoms with van der Waals surface area (Å²) < 4.78 is 10.3. The van der Waals surface area contributed by atoms with Crippen LogP contribution in [0.15, 0.2) is 0 Å². The van der Waals surface area contributed by atoms with Gasteiger partial charge in [-0.05, 0) is 41.5 Å². The van der Waals surface area contributed by atoms with Crippen LogP contribution in [-0.4, -0.2) is 63.1 Å². The quantitative estimate of drug-likeness (QED) is 0.523. The van der Waals surface area contributed by atoms with E-state index in [0.29, 0.717) is 0 Å². The summed E-state index contributed by atoms with van der Waals surface area (Å²) in [5, 5.41) is 11.2. The lowest BCUT2D eigenvalue weighted by Gasteiger charge is -2.40. The minimum atomic E-state index is -1.54. The second-order valence-electron chi connectivity index (χ2n) is 8.18. The molecule has 0 bridgehead atoms. The van der Waals surface area contributed by atoms with E-state index in [2.05, 4.69) is 0 Å². The number of amides is 3. The normalized spacial score (nSPS) is 18.5. The van der Waals surface area contributed by atoms with Gasteiger partial charge in [0, 0.05) is 5.54 Å². The smallest absolute Gasteiger partial charge is 0.411 e.